The number of anilines is 2. The molecule has 0 aromatic heterocycles. The van der Waals surface area contributed by atoms with Gasteiger partial charge in [0.25, 0.3) is 0 Å². The van der Waals surface area contributed by atoms with Crippen molar-refractivity contribution in [2.24, 2.45) is 5.92 Å². The second kappa shape index (κ2) is 3.40. The molecule has 2 nitrogen and oxygen atoms in total. The Labute approximate surface area is 88.9 Å². The zero-order valence-electron chi connectivity index (χ0n) is 8.59. The number of hydrogen-bond acceptors (Lipinski definition) is 2. The van der Waals surface area contributed by atoms with Crippen LogP contribution in [0.5, 0.6) is 0 Å². The Morgan fingerprint density at radius 3 is 3.07 bits per heavy atom. The molecule has 1 heterocycles. The molecule has 3 heteroatoms. The van der Waals surface area contributed by atoms with Crippen molar-refractivity contribution in [3.8, 4) is 0 Å². The zero-order valence-corrected chi connectivity index (χ0v) is 8.59. The molecule has 2 atom stereocenters. The molecule has 1 saturated carbocycles. The monoisotopic (exact) mass is 206 g/mol. The second-order valence-electron chi connectivity index (χ2n) is 4.51. The van der Waals surface area contributed by atoms with Gasteiger partial charge in [-0.1, -0.05) is 6.42 Å². The van der Waals surface area contributed by atoms with Crippen molar-refractivity contribution in [1.29, 1.82) is 0 Å². The molecule has 3 rings (SSSR count). The summed E-state index contributed by atoms with van der Waals surface area (Å²) in [5, 5.41) is 6.85. The van der Waals surface area contributed by atoms with Gasteiger partial charge in [0.1, 0.15) is 5.82 Å². The van der Waals surface area contributed by atoms with Gasteiger partial charge >= 0.3 is 0 Å². The first-order valence-corrected chi connectivity index (χ1v) is 5.63. The number of benzene rings is 1. The van der Waals surface area contributed by atoms with Crippen LogP contribution in [0, 0.1) is 11.7 Å². The molecule has 2 unspecified atom stereocenters. The van der Waals surface area contributed by atoms with Crippen molar-refractivity contribution in [3.63, 3.8) is 0 Å². The maximum absolute atomic E-state index is 13.1. The van der Waals surface area contributed by atoms with Gasteiger partial charge in [-0.25, -0.2) is 4.39 Å². The van der Waals surface area contributed by atoms with Crippen molar-refractivity contribution in [2.45, 2.75) is 25.3 Å². The highest BCUT2D eigenvalue weighted by Gasteiger charge is 2.29. The third-order valence-electron chi connectivity index (χ3n) is 3.54. The van der Waals surface area contributed by atoms with E-state index < -0.39 is 0 Å². The summed E-state index contributed by atoms with van der Waals surface area (Å²) in [6.07, 6.45) is 3.78. The van der Waals surface area contributed by atoms with Gasteiger partial charge in [-0.15, -0.1) is 0 Å². The van der Waals surface area contributed by atoms with E-state index in [9.17, 15) is 4.39 Å². The first kappa shape index (κ1) is 9.01. The van der Waals surface area contributed by atoms with E-state index in [1.165, 1.54) is 25.3 Å². The molecule has 0 bridgehead atoms. The van der Waals surface area contributed by atoms with Crippen molar-refractivity contribution in [2.75, 3.05) is 17.2 Å². The summed E-state index contributed by atoms with van der Waals surface area (Å²) in [5.41, 5.74) is 1.95. The van der Waals surface area contributed by atoms with Crippen LogP contribution in [0.3, 0.4) is 0 Å². The molecule has 1 aromatic carbocycles. The predicted molar refractivity (Wildman–Crippen MR) is 59.6 cm³/mol. The summed E-state index contributed by atoms with van der Waals surface area (Å²) in [5.74, 6) is 0.528. The quantitative estimate of drug-likeness (QED) is 0.682. The van der Waals surface area contributed by atoms with Crippen molar-refractivity contribution >= 4 is 11.4 Å². The van der Waals surface area contributed by atoms with Crippen LogP contribution < -0.4 is 10.6 Å². The SMILES string of the molecule is Fc1ccc2c(c1)NC1CCCC1CN2. The molecular formula is C12H15FN2. The number of nitrogens with one attached hydrogen (secondary N) is 2. The lowest BCUT2D eigenvalue weighted by molar-refractivity contribution is 0.537. The summed E-state index contributed by atoms with van der Waals surface area (Å²) in [6, 6.07) is 5.44. The van der Waals surface area contributed by atoms with Gasteiger partial charge in [0, 0.05) is 12.6 Å². The van der Waals surface area contributed by atoms with Crippen LogP contribution in [0.15, 0.2) is 18.2 Å². The van der Waals surface area contributed by atoms with E-state index in [0.29, 0.717) is 12.0 Å². The minimum absolute atomic E-state index is 0.167. The Morgan fingerprint density at radius 2 is 2.13 bits per heavy atom. The fourth-order valence-electron chi connectivity index (χ4n) is 2.70. The Bertz CT molecular complexity index is 378. The summed E-state index contributed by atoms with van der Waals surface area (Å²) in [6.45, 7) is 1.01. The first-order chi connectivity index (χ1) is 7.33. The first-order valence-electron chi connectivity index (χ1n) is 5.63. The van der Waals surface area contributed by atoms with E-state index >= 15 is 0 Å². The smallest absolute Gasteiger partial charge is 0.125 e. The molecule has 0 saturated heterocycles. The molecule has 0 spiro atoms. The van der Waals surface area contributed by atoms with E-state index in [2.05, 4.69) is 10.6 Å². The molecule has 15 heavy (non-hydrogen) atoms. The lowest BCUT2D eigenvalue weighted by Gasteiger charge is -2.17. The zero-order chi connectivity index (χ0) is 10.3. The van der Waals surface area contributed by atoms with E-state index in [4.69, 9.17) is 0 Å². The third kappa shape index (κ3) is 1.56. The minimum Gasteiger partial charge on any atom is -0.383 e. The van der Waals surface area contributed by atoms with Crippen LogP contribution in [0.25, 0.3) is 0 Å². The topological polar surface area (TPSA) is 24.1 Å². The summed E-state index contributed by atoms with van der Waals surface area (Å²) in [4.78, 5) is 0. The molecule has 0 amide bonds. The van der Waals surface area contributed by atoms with E-state index in [-0.39, 0.29) is 5.82 Å². The Kier molecular flexibility index (Phi) is 2.04. The predicted octanol–water partition coefficient (Wildman–Crippen LogP) is 2.83. The van der Waals surface area contributed by atoms with Crippen LogP contribution in [0.2, 0.25) is 0 Å². The lowest BCUT2D eigenvalue weighted by atomic mass is 10.0. The molecule has 80 valence electrons. The maximum Gasteiger partial charge on any atom is 0.125 e. The van der Waals surface area contributed by atoms with Crippen molar-refractivity contribution in [1.82, 2.24) is 0 Å². The fourth-order valence-corrected chi connectivity index (χ4v) is 2.70. The van der Waals surface area contributed by atoms with Crippen LogP contribution in [-0.2, 0) is 0 Å². The van der Waals surface area contributed by atoms with Crippen molar-refractivity contribution < 1.29 is 4.39 Å². The van der Waals surface area contributed by atoms with Crippen LogP contribution >= 0.6 is 0 Å². The van der Waals surface area contributed by atoms with E-state index in [0.717, 1.165) is 17.9 Å². The molecule has 2 aliphatic rings. The van der Waals surface area contributed by atoms with Gasteiger partial charge in [-0.3, -0.25) is 0 Å². The summed E-state index contributed by atoms with van der Waals surface area (Å²) < 4.78 is 13.1. The normalized spacial score (nSPS) is 28.3. The van der Waals surface area contributed by atoms with Gasteiger partial charge in [0.05, 0.1) is 11.4 Å². The average molecular weight is 206 g/mol. The molecule has 1 aliphatic heterocycles. The van der Waals surface area contributed by atoms with Crippen LogP contribution in [0.4, 0.5) is 15.8 Å². The molecular weight excluding hydrogens is 191 g/mol. The highest BCUT2D eigenvalue weighted by Crippen LogP contribution is 2.34. The lowest BCUT2D eigenvalue weighted by Crippen LogP contribution is -2.25. The van der Waals surface area contributed by atoms with Crippen LogP contribution in [-0.4, -0.2) is 12.6 Å². The number of hydrogen-bond donors (Lipinski definition) is 2. The summed E-state index contributed by atoms with van der Waals surface area (Å²) >= 11 is 0. The van der Waals surface area contributed by atoms with E-state index in [1.54, 1.807) is 6.07 Å². The van der Waals surface area contributed by atoms with Crippen molar-refractivity contribution in [3.05, 3.63) is 24.0 Å². The summed E-state index contributed by atoms with van der Waals surface area (Å²) in [7, 11) is 0. The molecule has 1 aromatic rings. The van der Waals surface area contributed by atoms with E-state index in [1.807, 2.05) is 6.07 Å². The molecule has 1 fully saturated rings. The van der Waals surface area contributed by atoms with Gasteiger partial charge in [-0.05, 0) is 37.0 Å². The standard InChI is InChI=1S/C12H15FN2/c13-9-4-5-11-12(6-9)15-10-3-1-2-8(10)7-14-11/h4-6,8,10,14-15H,1-3,7H2. The maximum atomic E-state index is 13.1. The highest BCUT2D eigenvalue weighted by atomic mass is 19.1. The third-order valence-corrected chi connectivity index (χ3v) is 3.54. The second-order valence-corrected chi connectivity index (χ2v) is 4.51. The number of rotatable bonds is 0. The number of halogens is 1. The molecule has 1 aliphatic carbocycles. The van der Waals surface area contributed by atoms with Crippen LogP contribution in [0.1, 0.15) is 19.3 Å². The highest BCUT2D eigenvalue weighted by molar-refractivity contribution is 5.70. The Balaban J connectivity index is 1.94. The fraction of sp³-hybridized carbons (Fsp3) is 0.500. The Morgan fingerprint density at radius 1 is 1.20 bits per heavy atom. The van der Waals surface area contributed by atoms with Gasteiger partial charge < -0.3 is 10.6 Å². The minimum atomic E-state index is -0.167. The number of fused-ring (bicyclic) bond motifs is 2. The average Bonchev–Trinajstić information content (AvgIpc) is 2.58. The van der Waals surface area contributed by atoms with Gasteiger partial charge in [0.15, 0.2) is 0 Å². The molecule has 0 radical (unpaired) electrons. The van der Waals surface area contributed by atoms with Gasteiger partial charge in [0.2, 0.25) is 0 Å². The van der Waals surface area contributed by atoms with Gasteiger partial charge in [-0.2, -0.15) is 0 Å². The molecule has 2 N–H and O–H groups in total. The Hall–Kier alpha value is -1.25. The largest absolute Gasteiger partial charge is 0.383 e.